The second kappa shape index (κ2) is 5.47. The first-order chi connectivity index (χ1) is 8.53. The van der Waals surface area contributed by atoms with Crippen LogP contribution in [0.3, 0.4) is 0 Å². The molecule has 98 valence electrons. The molecule has 0 bridgehead atoms. The van der Waals surface area contributed by atoms with E-state index in [2.05, 4.69) is 0 Å². The summed E-state index contributed by atoms with van der Waals surface area (Å²) >= 11 is 11.9. The molecule has 1 saturated heterocycles. The van der Waals surface area contributed by atoms with Crippen LogP contribution in [0.15, 0.2) is 18.2 Å². The van der Waals surface area contributed by atoms with Crippen molar-refractivity contribution in [2.24, 2.45) is 0 Å². The molecular formula is C13H14Cl2O3. The Morgan fingerprint density at radius 3 is 2.67 bits per heavy atom. The Morgan fingerprint density at radius 1 is 1.33 bits per heavy atom. The first-order valence-electron chi connectivity index (χ1n) is 5.82. The van der Waals surface area contributed by atoms with Gasteiger partial charge in [-0.3, -0.25) is 4.79 Å². The lowest BCUT2D eigenvalue weighted by molar-refractivity contribution is -0.253. The highest BCUT2D eigenvalue weighted by atomic mass is 35.5. The van der Waals surface area contributed by atoms with Gasteiger partial charge in [0, 0.05) is 18.9 Å². The van der Waals surface area contributed by atoms with Crippen LogP contribution in [0.2, 0.25) is 10.0 Å². The van der Waals surface area contributed by atoms with Gasteiger partial charge in [0.15, 0.2) is 0 Å². The zero-order chi connectivity index (χ0) is 13.2. The quantitative estimate of drug-likeness (QED) is 0.774. The Balaban J connectivity index is 2.38. The summed E-state index contributed by atoms with van der Waals surface area (Å²) in [5.74, 6) is -1.39. The molecule has 1 aliphatic heterocycles. The highest BCUT2D eigenvalue weighted by molar-refractivity contribution is 6.42. The molecule has 2 rings (SSSR count). The number of esters is 1. The molecule has 1 aliphatic rings. The summed E-state index contributed by atoms with van der Waals surface area (Å²) in [6.07, 6.45) is 2.53. The summed E-state index contributed by atoms with van der Waals surface area (Å²) in [6, 6.07) is 5.16. The van der Waals surface area contributed by atoms with E-state index >= 15 is 0 Å². The smallest absolute Gasteiger partial charge is 0.305 e. The van der Waals surface area contributed by atoms with E-state index < -0.39 is 5.79 Å². The Bertz CT molecular complexity index is 454. The van der Waals surface area contributed by atoms with E-state index in [9.17, 15) is 4.79 Å². The predicted molar refractivity (Wildman–Crippen MR) is 69.7 cm³/mol. The summed E-state index contributed by atoms with van der Waals surface area (Å²) in [6.45, 7) is 1.94. The zero-order valence-corrected chi connectivity index (χ0v) is 11.6. The summed E-state index contributed by atoms with van der Waals surface area (Å²) in [5.41, 5.74) is 0.729. The topological polar surface area (TPSA) is 35.5 Å². The Kier molecular flexibility index (Phi) is 4.15. The van der Waals surface area contributed by atoms with E-state index in [1.54, 1.807) is 18.2 Å². The molecule has 1 aromatic carbocycles. The minimum Gasteiger partial charge on any atom is -0.429 e. The summed E-state index contributed by atoms with van der Waals surface area (Å²) < 4.78 is 11.1. The fourth-order valence-corrected chi connectivity index (χ4v) is 2.40. The largest absolute Gasteiger partial charge is 0.429 e. The van der Waals surface area contributed by atoms with Gasteiger partial charge in [-0.15, -0.1) is 0 Å². The van der Waals surface area contributed by atoms with Crippen LogP contribution in [-0.2, 0) is 20.1 Å². The monoisotopic (exact) mass is 288 g/mol. The average Bonchev–Trinajstić information content (AvgIpc) is 2.33. The lowest BCUT2D eigenvalue weighted by Crippen LogP contribution is -2.38. The van der Waals surface area contributed by atoms with E-state index in [1.165, 1.54) is 6.92 Å². The van der Waals surface area contributed by atoms with Crippen LogP contribution in [0, 0.1) is 0 Å². The van der Waals surface area contributed by atoms with E-state index in [-0.39, 0.29) is 5.97 Å². The van der Waals surface area contributed by atoms with Crippen molar-refractivity contribution in [3.05, 3.63) is 33.8 Å². The van der Waals surface area contributed by atoms with Crippen molar-refractivity contribution < 1.29 is 14.3 Å². The highest BCUT2D eigenvalue weighted by Gasteiger charge is 2.39. The zero-order valence-electron chi connectivity index (χ0n) is 10.0. The maximum atomic E-state index is 11.3. The van der Waals surface area contributed by atoms with Crippen molar-refractivity contribution in [3.63, 3.8) is 0 Å². The standard InChI is InChI=1S/C13H14Cl2O3/c1-9(16)18-13(6-2-3-7-17-13)10-4-5-11(14)12(15)8-10/h4-5,8H,2-3,6-7H2,1H3. The van der Waals surface area contributed by atoms with Crippen LogP contribution in [0.5, 0.6) is 0 Å². The van der Waals surface area contributed by atoms with Gasteiger partial charge in [0.1, 0.15) is 0 Å². The summed E-state index contributed by atoms with van der Waals surface area (Å²) in [5, 5.41) is 0.893. The lowest BCUT2D eigenvalue weighted by atomic mass is 9.97. The number of benzene rings is 1. The highest BCUT2D eigenvalue weighted by Crippen LogP contribution is 2.38. The van der Waals surface area contributed by atoms with Crippen molar-refractivity contribution in [1.82, 2.24) is 0 Å². The minimum absolute atomic E-state index is 0.372. The number of carbonyl (C=O) groups is 1. The van der Waals surface area contributed by atoms with Crippen molar-refractivity contribution in [2.45, 2.75) is 32.0 Å². The van der Waals surface area contributed by atoms with E-state index in [1.807, 2.05) is 0 Å². The first kappa shape index (κ1) is 13.7. The molecule has 0 aromatic heterocycles. The number of carbonyl (C=O) groups excluding carboxylic acids is 1. The second-order valence-electron chi connectivity index (χ2n) is 4.28. The molecule has 5 heteroatoms. The predicted octanol–water partition coefficient (Wildman–Crippen LogP) is 3.91. The van der Waals surface area contributed by atoms with Gasteiger partial charge in [0.05, 0.1) is 16.7 Å². The van der Waals surface area contributed by atoms with Gasteiger partial charge in [-0.1, -0.05) is 29.3 Å². The maximum Gasteiger partial charge on any atom is 0.305 e. The van der Waals surface area contributed by atoms with Crippen molar-refractivity contribution in [1.29, 1.82) is 0 Å². The van der Waals surface area contributed by atoms with Gasteiger partial charge < -0.3 is 9.47 Å². The molecule has 1 heterocycles. The van der Waals surface area contributed by atoms with Gasteiger partial charge in [0.2, 0.25) is 5.79 Å². The average molecular weight is 289 g/mol. The molecule has 1 atom stereocenters. The number of hydrogen-bond acceptors (Lipinski definition) is 3. The Hall–Kier alpha value is -0.770. The molecule has 0 N–H and O–H groups in total. The van der Waals surface area contributed by atoms with Crippen LogP contribution in [-0.4, -0.2) is 12.6 Å². The fraction of sp³-hybridized carbons (Fsp3) is 0.462. The SMILES string of the molecule is CC(=O)OC1(c2ccc(Cl)c(Cl)c2)CCCCO1. The molecular weight excluding hydrogens is 275 g/mol. The molecule has 0 spiro atoms. The van der Waals surface area contributed by atoms with E-state index in [0.717, 1.165) is 18.4 Å². The van der Waals surface area contributed by atoms with Crippen molar-refractivity contribution >= 4 is 29.2 Å². The van der Waals surface area contributed by atoms with Gasteiger partial charge in [0.25, 0.3) is 0 Å². The molecule has 0 aliphatic carbocycles. The Labute approximate surface area is 116 Å². The number of halogens is 2. The minimum atomic E-state index is -1.02. The maximum absolute atomic E-state index is 11.3. The molecule has 1 unspecified atom stereocenters. The Morgan fingerprint density at radius 2 is 2.11 bits per heavy atom. The van der Waals surface area contributed by atoms with Crippen LogP contribution in [0.4, 0.5) is 0 Å². The second-order valence-corrected chi connectivity index (χ2v) is 5.10. The third-order valence-electron chi connectivity index (χ3n) is 2.90. The van der Waals surface area contributed by atoms with E-state index in [0.29, 0.717) is 23.1 Å². The molecule has 0 saturated carbocycles. The summed E-state index contributed by atoms with van der Waals surface area (Å²) in [7, 11) is 0. The summed E-state index contributed by atoms with van der Waals surface area (Å²) in [4.78, 5) is 11.3. The van der Waals surface area contributed by atoms with Gasteiger partial charge in [-0.25, -0.2) is 0 Å². The first-order valence-corrected chi connectivity index (χ1v) is 6.58. The third kappa shape index (κ3) is 2.79. The molecule has 18 heavy (non-hydrogen) atoms. The van der Waals surface area contributed by atoms with Gasteiger partial charge in [-0.05, 0) is 25.0 Å². The molecule has 0 amide bonds. The number of rotatable bonds is 2. The third-order valence-corrected chi connectivity index (χ3v) is 3.64. The van der Waals surface area contributed by atoms with E-state index in [4.69, 9.17) is 32.7 Å². The molecule has 0 radical (unpaired) electrons. The molecule has 3 nitrogen and oxygen atoms in total. The van der Waals surface area contributed by atoms with Crippen LogP contribution in [0.1, 0.15) is 31.7 Å². The van der Waals surface area contributed by atoms with Crippen LogP contribution in [0.25, 0.3) is 0 Å². The lowest BCUT2D eigenvalue weighted by Gasteiger charge is -2.36. The van der Waals surface area contributed by atoms with Gasteiger partial charge in [-0.2, -0.15) is 0 Å². The molecule has 1 fully saturated rings. The van der Waals surface area contributed by atoms with Crippen LogP contribution < -0.4 is 0 Å². The van der Waals surface area contributed by atoms with Gasteiger partial charge >= 0.3 is 5.97 Å². The van der Waals surface area contributed by atoms with Crippen molar-refractivity contribution in [2.75, 3.05) is 6.61 Å². The number of hydrogen-bond donors (Lipinski definition) is 0. The normalized spacial score (nSPS) is 23.7. The van der Waals surface area contributed by atoms with Crippen LogP contribution >= 0.6 is 23.2 Å². The molecule has 1 aromatic rings. The van der Waals surface area contributed by atoms with Crippen molar-refractivity contribution in [3.8, 4) is 0 Å². The fourth-order valence-electron chi connectivity index (χ4n) is 2.10. The number of ether oxygens (including phenoxy) is 2.